The van der Waals surface area contributed by atoms with E-state index >= 15 is 0 Å². The summed E-state index contributed by atoms with van der Waals surface area (Å²) in [6, 6.07) is 7.59. The first kappa shape index (κ1) is 51.8. The molecule has 14 heteroatoms. The van der Waals surface area contributed by atoms with Crippen LogP contribution in [0.1, 0.15) is 192 Å². The van der Waals surface area contributed by atoms with Crippen molar-refractivity contribution in [3.05, 3.63) is 70.6 Å². The van der Waals surface area contributed by atoms with Crippen molar-refractivity contribution in [1.82, 2.24) is 40.4 Å². The quantitative estimate of drug-likeness (QED) is 0.115. The number of aromatic amines is 2. The predicted octanol–water partition coefficient (Wildman–Crippen LogP) is 11.9. The molecule has 398 valence electrons. The van der Waals surface area contributed by atoms with Crippen molar-refractivity contribution in [3.8, 4) is 33.6 Å². The second kappa shape index (κ2) is 19.8. The highest BCUT2D eigenvalue weighted by Crippen LogP contribution is 2.57. The monoisotopic (exact) mass is 1010 g/mol. The molecule has 74 heavy (non-hydrogen) atoms. The van der Waals surface area contributed by atoms with E-state index in [2.05, 4.69) is 44.9 Å². The zero-order valence-corrected chi connectivity index (χ0v) is 45.9. The fourth-order valence-electron chi connectivity index (χ4n) is 14.0. The number of ether oxygens (including phenoxy) is 2. The van der Waals surface area contributed by atoms with Crippen LogP contribution in [0.5, 0.6) is 0 Å². The highest BCUT2D eigenvalue weighted by Gasteiger charge is 2.46. The molecular formula is C60H82N8O6. The van der Waals surface area contributed by atoms with E-state index in [4.69, 9.17) is 19.4 Å². The van der Waals surface area contributed by atoms with Gasteiger partial charge in [-0.25, -0.2) is 19.6 Å². The molecule has 0 radical (unpaired) electrons. The van der Waals surface area contributed by atoms with Gasteiger partial charge < -0.3 is 39.9 Å². The molecule has 4 aromatic rings. The first-order valence-corrected chi connectivity index (χ1v) is 28.1. The number of alkyl carbamates (subject to hydrolysis) is 2. The molecule has 2 spiro atoms. The van der Waals surface area contributed by atoms with Crippen molar-refractivity contribution < 1.29 is 28.7 Å². The Bertz CT molecular complexity index is 2590. The van der Waals surface area contributed by atoms with E-state index in [1.807, 2.05) is 91.4 Å². The minimum absolute atomic E-state index is 0.107. The minimum atomic E-state index is -0.713. The van der Waals surface area contributed by atoms with E-state index in [-0.39, 0.29) is 46.6 Å². The van der Waals surface area contributed by atoms with Gasteiger partial charge in [0.25, 0.3) is 0 Å². The average Bonchev–Trinajstić information content (AvgIpc) is 4.18. The summed E-state index contributed by atoms with van der Waals surface area (Å²) in [4.78, 5) is 75.6. The number of amides is 4. The molecule has 4 atom stereocenters. The third-order valence-corrected chi connectivity index (χ3v) is 17.4. The fraction of sp³-hybridized carbons (Fsp3) is 0.633. The van der Waals surface area contributed by atoms with Crippen LogP contribution in [0.2, 0.25) is 0 Å². The molecule has 2 aliphatic heterocycles. The third-order valence-electron chi connectivity index (χ3n) is 17.4. The number of nitrogens with one attached hydrogen (secondary N) is 4. The molecular weight excluding hydrogens is 929 g/mol. The summed E-state index contributed by atoms with van der Waals surface area (Å²) >= 11 is 0. The van der Waals surface area contributed by atoms with Crippen LogP contribution >= 0.6 is 0 Å². The molecule has 2 saturated carbocycles. The van der Waals surface area contributed by atoms with Crippen molar-refractivity contribution in [2.45, 2.75) is 207 Å². The SMILES string of the molecule is CC(C)[C@H](NC(=O)OC(C)(C)C)C(=O)N1CCC[C@@H]1c1ncc(-c2ccc(-c3ccc(-c4cnc([C@@H]5CCCN5C(=O)[C@H](NC(=O)OC(C)(C)C)C(C)C)[nH]4)c4c3CC3(CCCC3)C4)c3c2CC2(CCCC2)C3)[nH]1. The largest absolute Gasteiger partial charge is 0.444 e. The molecule has 2 aromatic carbocycles. The molecule has 4 amide bonds. The Morgan fingerprint density at radius 3 is 1.23 bits per heavy atom. The summed E-state index contributed by atoms with van der Waals surface area (Å²) in [6.45, 7) is 20.0. The summed E-state index contributed by atoms with van der Waals surface area (Å²) in [7, 11) is 0. The molecule has 10 rings (SSSR count). The standard InChI is InChI=1S/C60H82N8O6/c1-35(2)49(65-55(71)73-57(5,6)7)53(69)67-27-15-17-47(67)51-61-33-45(63-51)39-21-19-37(41-29-59(31-43(39)41)23-11-12-24-59)38-20-22-40(44-32-60(30-42(38)44)25-13-14-26-60)46-34-62-52(64-46)48-18-16-28-68(48)54(70)50(36(3)4)66-56(72)74-58(8,9)10/h19-22,33-36,47-50H,11-18,23-32H2,1-10H3,(H,61,63)(H,62,64)(H,65,71)(H,66,72)/t47-,48+,49+,50-. The molecule has 4 heterocycles. The smallest absolute Gasteiger partial charge is 0.408 e. The summed E-state index contributed by atoms with van der Waals surface area (Å²) in [6.07, 6.45) is 20.4. The number of carbonyl (C=O) groups is 4. The number of H-pyrrole nitrogens is 2. The van der Waals surface area contributed by atoms with Gasteiger partial charge in [-0.05, 0) is 175 Å². The van der Waals surface area contributed by atoms with E-state index < -0.39 is 35.5 Å². The maximum absolute atomic E-state index is 14.2. The number of imidazole rings is 2. The molecule has 14 nitrogen and oxygen atoms in total. The maximum atomic E-state index is 14.2. The van der Waals surface area contributed by atoms with Crippen LogP contribution in [0, 0.1) is 22.7 Å². The van der Waals surface area contributed by atoms with Gasteiger partial charge in [0.15, 0.2) is 0 Å². The van der Waals surface area contributed by atoms with Crippen LogP contribution in [-0.2, 0) is 44.7 Å². The fourth-order valence-corrected chi connectivity index (χ4v) is 14.0. The van der Waals surface area contributed by atoms with E-state index in [1.165, 1.54) is 95.9 Å². The second-order valence-corrected chi connectivity index (χ2v) is 25.8. The van der Waals surface area contributed by atoms with Crippen LogP contribution in [-0.4, -0.2) is 90.1 Å². The zero-order chi connectivity index (χ0) is 52.5. The molecule has 2 saturated heterocycles. The number of carbonyl (C=O) groups excluding carboxylic acids is 4. The van der Waals surface area contributed by atoms with Crippen LogP contribution in [0.25, 0.3) is 33.6 Å². The van der Waals surface area contributed by atoms with Crippen molar-refractivity contribution in [3.63, 3.8) is 0 Å². The Morgan fingerprint density at radius 1 is 0.554 bits per heavy atom. The Balaban J connectivity index is 0.953. The lowest BCUT2D eigenvalue weighted by molar-refractivity contribution is -0.136. The lowest BCUT2D eigenvalue weighted by atomic mass is 9.82. The Labute approximate surface area is 438 Å². The average molecular weight is 1010 g/mol. The van der Waals surface area contributed by atoms with Crippen molar-refractivity contribution in [1.29, 1.82) is 0 Å². The maximum Gasteiger partial charge on any atom is 0.408 e. The molecule has 2 aromatic heterocycles. The lowest BCUT2D eigenvalue weighted by Gasteiger charge is -2.31. The number of benzene rings is 2. The number of fused-ring (bicyclic) bond motifs is 2. The van der Waals surface area contributed by atoms with Gasteiger partial charge >= 0.3 is 12.2 Å². The Hall–Kier alpha value is -5.66. The van der Waals surface area contributed by atoms with Crippen LogP contribution < -0.4 is 10.6 Å². The molecule has 4 N–H and O–H groups in total. The number of hydrogen-bond donors (Lipinski definition) is 4. The van der Waals surface area contributed by atoms with Crippen LogP contribution in [0.3, 0.4) is 0 Å². The first-order valence-electron chi connectivity index (χ1n) is 28.1. The highest BCUT2D eigenvalue weighted by molar-refractivity contribution is 5.88. The summed E-state index contributed by atoms with van der Waals surface area (Å²) in [5, 5.41) is 5.77. The number of nitrogens with zero attached hydrogens (tertiary/aromatic N) is 4. The molecule has 4 aliphatic carbocycles. The van der Waals surface area contributed by atoms with Gasteiger partial charge in [0.05, 0.1) is 35.9 Å². The van der Waals surface area contributed by atoms with Crippen LogP contribution in [0.4, 0.5) is 9.59 Å². The minimum Gasteiger partial charge on any atom is -0.444 e. The molecule has 0 unspecified atom stereocenters. The molecule has 0 bridgehead atoms. The Morgan fingerprint density at radius 2 is 0.892 bits per heavy atom. The van der Waals surface area contributed by atoms with Crippen molar-refractivity contribution >= 4 is 24.0 Å². The summed E-state index contributed by atoms with van der Waals surface area (Å²) in [5.41, 5.74) is 12.1. The molecule has 6 aliphatic rings. The number of likely N-dealkylation sites (tertiary alicyclic amines) is 2. The first-order chi connectivity index (χ1) is 35.1. The Kier molecular flexibility index (Phi) is 13.9. The number of hydrogen-bond acceptors (Lipinski definition) is 8. The predicted molar refractivity (Wildman–Crippen MR) is 287 cm³/mol. The molecule has 4 fully saturated rings. The number of rotatable bonds is 11. The second-order valence-electron chi connectivity index (χ2n) is 25.8. The summed E-state index contributed by atoms with van der Waals surface area (Å²) < 4.78 is 11.1. The lowest BCUT2D eigenvalue weighted by Crippen LogP contribution is -2.52. The van der Waals surface area contributed by atoms with Crippen molar-refractivity contribution in [2.24, 2.45) is 22.7 Å². The topological polar surface area (TPSA) is 175 Å². The zero-order valence-electron chi connectivity index (χ0n) is 45.9. The van der Waals surface area contributed by atoms with Gasteiger partial charge in [0.1, 0.15) is 34.9 Å². The highest BCUT2D eigenvalue weighted by atomic mass is 16.6. The van der Waals surface area contributed by atoms with Crippen LogP contribution in [0.15, 0.2) is 36.7 Å². The van der Waals surface area contributed by atoms with E-state index in [1.54, 1.807) is 0 Å². The normalized spacial score (nSPS) is 21.7. The third kappa shape index (κ3) is 10.2. The van der Waals surface area contributed by atoms with E-state index in [9.17, 15) is 19.2 Å². The van der Waals surface area contributed by atoms with Gasteiger partial charge in [-0.3, -0.25) is 9.59 Å². The van der Waals surface area contributed by atoms with E-state index in [0.29, 0.717) is 13.1 Å². The van der Waals surface area contributed by atoms with Gasteiger partial charge in [0.2, 0.25) is 11.8 Å². The van der Waals surface area contributed by atoms with Gasteiger partial charge in [-0.2, -0.15) is 0 Å². The van der Waals surface area contributed by atoms with E-state index in [0.717, 1.165) is 74.4 Å². The van der Waals surface area contributed by atoms with Gasteiger partial charge in [-0.1, -0.05) is 77.6 Å². The number of aromatic nitrogens is 4. The summed E-state index contributed by atoms with van der Waals surface area (Å²) in [5.74, 6) is 1.11. The van der Waals surface area contributed by atoms with Gasteiger partial charge in [0, 0.05) is 24.2 Å². The van der Waals surface area contributed by atoms with Crippen molar-refractivity contribution in [2.75, 3.05) is 13.1 Å². The van der Waals surface area contributed by atoms with Gasteiger partial charge in [-0.15, -0.1) is 0 Å².